The van der Waals surface area contributed by atoms with Gasteiger partial charge in [0.1, 0.15) is 0 Å². The number of hydrogen-bond donors (Lipinski definition) is 0. The van der Waals surface area contributed by atoms with Crippen molar-refractivity contribution in [2.75, 3.05) is 5.88 Å². The number of hydrogen-bond acceptors (Lipinski definition) is 0. The second-order valence-corrected chi connectivity index (χ2v) is 3.69. The molecule has 0 nitrogen and oxygen atoms in total. The molecule has 70 valence electrons. The fraction of sp³-hybridized carbons (Fsp3) is 0.333. The van der Waals surface area contributed by atoms with E-state index in [2.05, 4.69) is 32.1 Å². The van der Waals surface area contributed by atoms with Crippen molar-refractivity contribution in [3.63, 3.8) is 0 Å². The molecule has 0 heterocycles. The molecular weight excluding hydrogens is 180 g/mol. The highest BCUT2D eigenvalue weighted by Crippen LogP contribution is 2.15. The highest BCUT2D eigenvalue weighted by Gasteiger charge is 2.00. The summed E-state index contributed by atoms with van der Waals surface area (Å²) in [7, 11) is 0. The van der Waals surface area contributed by atoms with Gasteiger partial charge in [0.25, 0.3) is 0 Å². The van der Waals surface area contributed by atoms with Gasteiger partial charge in [-0.15, -0.1) is 11.6 Å². The van der Waals surface area contributed by atoms with Gasteiger partial charge in [-0.3, -0.25) is 0 Å². The zero-order valence-corrected chi connectivity index (χ0v) is 8.88. The highest BCUT2D eigenvalue weighted by molar-refractivity contribution is 6.19. The van der Waals surface area contributed by atoms with Gasteiger partial charge in [-0.05, 0) is 11.5 Å². The highest BCUT2D eigenvalue weighted by atomic mass is 35.5. The van der Waals surface area contributed by atoms with Gasteiger partial charge in [0.05, 0.1) is 0 Å². The normalized spacial score (nSPS) is 12.2. The van der Waals surface area contributed by atoms with Crippen LogP contribution in [0.1, 0.15) is 19.4 Å². The van der Waals surface area contributed by atoms with E-state index >= 15 is 0 Å². The topological polar surface area (TPSA) is 0 Å². The quantitative estimate of drug-likeness (QED) is 0.639. The molecule has 0 bridgehead atoms. The Morgan fingerprint density at radius 3 is 2.38 bits per heavy atom. The zero-order chi connectivity index (χ0) is 9.68. The van der Waals surface area contributed by atoms with Gasteiger partial charge in [-0.2, -0.15) is 0 Å². The Hall–Kier alpha value is -0.750. The first-order chi connectivity index (χ1) is 6.24. The Labute approximate surface area is 85.2 Å². The molecule has 0 fully saturated rings. The smallest absolute Gasteiger partial charge is 0.0439 e. The third-order valence-corrected chi connectivity index (χ3v) is 2.36. The third-order valence-electron chi connectivity index (χ3n) is 2.05. The molecule has 0 spiro atoms. The minimum atomic E-state index is 0.526. The lowest BCUT2D eigenvalue weighted by molar-refractivity contribution is 0.778. The van der Waals surface area contributed by atoms with Crippen LogP contribution in [0.15, 0.2) is 35.9 Å². The number of alkyl halides is 1. The second-order valence-electron chi connectivity index (χ2n) is 3.42. The summed E-state index contributed by atoms with van der Waals surface area (Å²) in [6, 6.07) is 10.3. The lowest BCUT2D eigenvalue weighted by Crippen LogP contribution is -1.94. The summed E-state index contributed by atoms with van der Waals surface area (Å²) in [4.78, 5) is 0. The summed E-state index contributed by atoms with van der Waals surface area (Å²) in [6.07, 6.45) is 2.16. The fourth-order valence-electron chi connectivity index (χ4n) is 1.12. The second kappa shape index (κ2) is 5.08. The molecule has 1 aromatic carbocycles. The first kappa shape index (κ1) is 10.3. The lowest BCUT2D eigenvalue weighted by Gasteiger charge is -2.07. The SMILES string of the molecule is CC(C)/C(=C/c1ccccc1)CCl. The fourth-order valence-corrected chi connectivity index (χ4v) is 1.51. The largest absolute Gasteiger partial charge is 0.122 e. The molecule has 1 heteroatoms. The van der Waals surface area contributed by atoms with Crippen molar-refractivity contribution in [1.82, 2.24) is 0 Å². The zero-order valence-electron chi connectivity index (χ0n) is 8.13. The van der Waals surface area contributed by atoms with Gasteiger partial charge in [0, 0.05) is 5.88 Å². The van der Waals surface area contributed by atoms with Gasteiger partial charge in [-0.1, -0.05) is 55.8 Å². The summed E-state index contributed by atoms with van der Waals surface area (Å²) < 4.78 is 0. The van der Waals surface area contributed by atoms with E-state index in [4.69, 9.17) is 11.6 Å². The number of rotatable bonds is 3. The Balaban J connectivity index is 2.85. The molecule has 0 aliphatic carbocycles. The summed E-state index contributed by atoms with van der Waals surface area (Å²) in [5.41, 5.74) is 2.51. The Morgan fingerprint density at radius 1 is 1.31 bits per heavy atom. The third kappa shape index (κ3) is 3.23. The molecule has 0 aromatic heterocycles. The van der Waals surface area contributed by atoms with E-state index in [0.717, 1.165) is 0 Å². The Morgan fingerprint density at radius 2 is 1.92 bits per heavy atom. The molecule has 0 radical (unpaired) electrons. The van der Waals surface area contributed by atoms with Crippen molar-refractivity contribution in [2.45, 2.75) is 13.8 Å². The van der Waals surface area contributed by atoms with Gasteiger partial charge >= 0.3 is 0 Å². The van der Waals surface area contributed by atoms with Crippen molar-refractivity contribution < 1.29 is 0 Å². The van der Waals surface area contributed by atoms with Gasteiger partial charge < -0.3 is 0 Å². The van der Waals surface area contributed by atoms with E-state index in [1.807, 2.05) is 18.2 Å². The molecule has 0 atom stereocenters. The molecule has 0 unspecified atom stereocenters. The van der Waals surface area contributed by atoms with Crippen LogP contribution in [0.25, 0.3) is 6.08 Å². The number of benzene rings is 1. The van der Waals surface area contributed by atoms with Crippen LogP contribution in [0, 0.1) is 5.92 Å². The van der Waals surface area contributed by atoms with Crippen LogP contribution < -0.4 is 0 Å². The first-order valence-electron chi connectivity index (χ1n) is 4.55. The van der Waals surface area contributed by atoms with Crippen molar-refractivity contribution >= 4 is 17.7 Å². The van der Waals surface area contributed by atoms with Gasteiger partial charge in [0.2, 0.25) is 0 Å². The lowest BCUT2D eigenvalue weighted by atomic mass is 10.0. The maximum atomic E-state index is 5.84. The predicted octanol–water partition coefficient (Wildman–Crippen LogP) is 3.96. The van der Waals surface area contributed by atoms with Crippen molar-refractivity contribution in [3.8, 4) is 0 Å². The molecule has 0 aliphatic heterocycles. The summed E-state index contributed by atoms with van der Waals surface area (Å²) in [6.45, 7) is 4.33. The van der Waals surface area contributed by atoms with Crippen molar-refractivity contribution in [2.24, 2.45) is 5.92 Å². The average molecular weight is 195 g/mol. The molecule has 0 amide bonds. The molecule has 13 heavy (non-hydrogen) atoms. The van der Waals surface area contributed by atoms with Crippen LogP contribution in [-0.4, -0.2) is 5.88 Å². The van der Waals surface area contributed by atoms with Crippen molar-refractivity contribution in [3.05, 3.63) is 41.5 Å². The Kier molecular flexibility index (Phi) is 4.04. The van der Waals surface area contributed by atoms with E-state index in [0.29, 0.717) is 11.8 Å². The molecule has 1 rings (SSSR count). The summed E-state index contributed by atoms with van der Waals surface area (Å²) in [5, 5.41) is 0. The summed E-state index contributed by atoms with van der Waals surface area (Å²) >= 11 is 5.84. The van der Waals surface area contributed by atoms with Crippen LogP contribution in [0.2, 0.25) is 0 Å². The maximum Gasteiger partial charge on any atom is 0.0439 e. The van der Waals surface area contributed by atoms with E-state index in [1.165, 1.54) is 11.1 Å². The molecular formula is C12H15Cl. The maximum absolute atomic E-state index is 5.84. The van der Waals surface area contributed by atoms with E-state index < -0.39 is 0 Å². The van der Waals surface area contributed by atoms with Crippen LogP contribution >= 0.6 is 11.6 Å². The molecule has 0 N–H and O–H groups in total. The summed E-state index contributed by atoms with van der Waals surface area (Å²) in [5.74, 6) is 1.14. The molecule has 0 saturated heterocycles. The van der Waals surface area contributed by atoms with E-state index in [9.17, 15) is 0 Å². The minimum absolute atomic E-state index is 0.526. The monoisotopic (exact) mass is 194 g/mol. The van der Waals surface area contributed by atoms with Crippen LogP contribution in [0.5, 0.6) is 0 Å². The average Bonchev–Trinajstić information content (AvgIpc) is 2.15. The number of allylic oxidation sites excluding steroid dienone is 1. The van der Waals surface area contributed by atoms with E-state index in [1.54, 1.807) is 0 Å². The van der Waals surface area contributed by atoms with Crippen LogP contribution in [0.3, 0.4) is 0 Å². The minimum Gasteiger partial charge on any atom is -0.122 e. The van der Waals surface area contributed by atoms with E-state index in [-0.39, 0.29) is 0 Å². The van der Waals surface area contributed by atoms with Crippen LogP contribution in [0.4, 0.5) is 0 Å². The first-order valence-corrected chi connectivity index (χ1v) is 5.09. The standard InChI is InChI=1S/C12H15Cl/c1-10(2)12(9-13)8-11-6-4-3-5-7-11/h3-8,10H,9H2,1-2H3/b12-8+. The molecule has 0 aliphatic rings. The van der Waals surface area contributed by atoms with Gasteiger partial charge in [0.15, 0.2) is 0 Å². The molecule has 1 aromatic rings. The molecule has 0 saturated carbocycles. The van der Waals surface area contributed by atoms with Gasteiger partial charge in [-0.25, -0.2) is 0 Å². The number of halogens is 1. The predicted molar refractivity (Wildman–Crippen MR) is 60.0 cm³/mol. The Bertz CT molecular complexity index is 272. The van der Waals surface area contributed by atoms with Crippen LogP contribution in [-0.2, 0) is 0 Å². The van der Waals surface area contributed by atoms with Crippen molar-refractivity contribution in [1.29, 1.82) is 0 Å².